The number of pyridine rings is 1. The molecule has 0 aliphatic heterocycles. The summed E-state index contributed by atoms with van der Waals surface area (Å²) in [7, 11) is 4.55. The molecule has 0 aliphatic rings. The molecule has 0 saturated heterocycles. The molecule has 0 bridgehead atoms. The molecule has 0 atom stereocenters. The zero-order valence-electron chi connectivity index (χ0n) is 16.9. The molecular formula is C22H21N3O5. The summed E-state index contributed by atoms with van der Waals surface area (Å²) in [5.41, 5.74) is 1.79. The summed E-state index contributed by atoms with van der Waals surface area (Å²) in [6, 6.07) is 8.15. The number of Topliss-reactive ketones (excluding diaryl/α,β-unsaturated/α-hetero) is 2. The first-order valence-electron chi connectivity index (χ1n) is 9.16. The number of ether oxygens (including phenoxy) is 3. The molecule has 0 fully saturated rings. The fraction of sp³-hybridized carbons (Fsp3) is 0.227. The van der Waals surface area contributed by atoms with Gasteiger partial charge in [-0.3, -0.25) is 9.59 Å². The largest absolute Gasteiger partial charge is 0.494 e. The van der Waals surface area contributed by atoms with Crippen LogP contribution in [0.3, 0.4) is 0 Å². The smallest absolute Gasteiger partial charge is 0.181 e. The molecule has 1 aromatic carbocycles. The Bertz CT molecular complexity index is 1050. The van der Waals surface area contributed by atoms with E-state index in [1.165, 1.54) is 27.7 Å². The lowest BCUT2D eigenvalue weighted by Crippen LogP contribution is -2.08. The summed E-state index contributed by atoms with van der Waals surface area (Å²) in [5, 5.41) is 0. The Morgan fingerprint density at radius 2 is 1.43 bits per heavy atom. The number of carbonyl (C=O) groups excluding carboxylic acids is 2. The van der Waals surface area contributed by atoms with E-state index >= 15 is 0 Å². The third-order valence-electron chi connectivity index (χ3n) is 4.48. The van der Waals surface area contributed by atoms with Gasteiger partial charge in [-0.25, -0.2) is 15.0 Å². The highest BCUT2D eigenvalue weighted by molar-refractivity contribution is 6.02. The molecule has 0 spiro atoms. The molecule has 8 heteroatoms. The highest BCUT2D eigenvalue weighted by atomic mass is 16.5. The van der Waals surface area contributed by atoms with Gasteiger partial charge in [0.25, 0.3) is 0 Å². The molecule has 0 aliphatic carbocycles. The number of hydrogen-bond acceptors (Lipinski definition) is 8. The van der Waals surface area contributed by atoms with Crippen LogP contribution in [-0.4, -0.2) is 47.8 Å². The topological polar surface area (TPSA) is 101 Å². The maximum Gasteiger partial charge on any atom is 0.181 e. The monoisotopic (exact) mass is 407 g/mol. The van der Waals surface area contributed by atoms with Crippen molar-refractivity contribution < 1.29 is 23.8 Å². The molecule has 0 amide bonds. The molecule has 0 unspecified atom stereocenters. The Morgan fingerprint density at radius 1 is 0.800 bits per heavy atom. The maximum atomic E-state index is 12.7. The second kappa shape index (κ2) is 9.60. The van der Waals surface area contributed by atoms with Crippen molar-refractivity contribution in [2.75, 3.05) is 21.3 Å². The SMILES string of the molecule is COc1ccc(C(=O)CCC(=O)c2ccc(OC)c(-c3cncnc3)n2)cc1OC. The van der Waals surface area contributed by atoms with E-state index in [0.717, 1.165) is 0 Å². The Balaban J connectivity index is 1.74. The van der Waals surface area contributed by atoms with Gasteiger partial charge >= 0.3 is 0 Å². The van der Waals surface area contributed by atoms with E-state index in [0.29, 0.717) is 34.1 Å². The van der Waals surface area contributed by atoms with Gasteiger partial charge in [0.1, 0.15) is 23.5 Å². The van der Waals surface area contributed by atoms with Gasteiger partial charge in [-0.2, -0.15) is 0 Å². The van der Waals surface area contributed by atoms with Gasteiger partial charge in [-0.1, -0.05) is 0 Å². The van der Waals surface area contributed by atoms with Crippen LogP contribution < -0.4 is 14.2 Å². The van der Waals surface area contributed by atoms with Crippen LogP contribution in [0.25, 0.3) is 11.3 Å². The number of carbonyl (C=O) groups is 2. The van der Waals surface area contributed by atoms with Crippen LogP contribution >= 0.6 is 0 Å². The van der Waals surface area contributed by atoms with Gasteiger partial charge < -0.3 is 14.2 Å². The molecule has 8 nitrogen and oxygen atoms in total. The Morgan fingerprint density at radius 3 is 2.10 bits per heavy atom. The van der Waals surface area contributed by atoms with Crippen LogP contribution in [-0.2, 0) is 0 Å². The van der Waals surface area contributed by atoms with E-state index in [2.05, 4.69) is 15.0 Å². The van der Waals surface area contributed by atoms with Gasteiger partial charge in [0.2, 0.25) is 0 Å². The van der Waals surface area contributed by atoms with Crippen molar-refractivity contribution in [3.63, 3.8) is 0 Å². The standard InChI is InChI=1S/C22H21N3O5/c1-28-19-8-4-14(10-21(19)30-3)17(26)6-7-18(27)16-5-9-20(29-2)22(25-16)15-11-23-13-24-12-15/h4-5,8-13H,6-7H2,1-3H3. The van der Waals surface area contributed by atoms with Crippen LogP contribution in [0, 0.1) is 0 Å². The van der Waals surface area contributed by atoms with Crippen molar-refractivity contribution in [1.29, 1.82) is 0 Å². The molecule has 0 radical (unpaired) electrons. The van der Waals surface area contributed by atoms with Crippen molar-refractivity contribution in [2.45, 2.75) is 12.8 Å². The van der Waals surface area contributed by atoms with E-state index in [4.69, 9.17) is 14.2 Å². The quantitative estimate of drug-likeness (QED) is 0.498. The molecule has 3 aromatic rings. The summed E-state index contributed by atoms with van der Waals surface area (Å²) in [4.78, 5) is 37.5. The molecular weight excluding hydrogens is 386 g/mol. The second-order valence-electron chi connectivity index (χ2n) is 6.29. The lowest BCUT2D eigenvalue weighted by atomic mass is 10.0. The van der Waals surface area contributed by atoms with Crippen molar-refractivity contribution in [3.05, 3.63) is 60.3 Å². The minimum atomic E-state index is -0.246. The average molecular weight is 407 g/mol. The second-order valence-corrected chi connectivity index (χ2v) is 6.29. The van der Waals surface area contributed by atoms with Crippen LogP contribution in [0.4, 0.5) is 0 Å². The first-order valence-corrected chi connectivity index (χ1v) is 9.16. The fourth-order valence-corrected chi connectivity index (χ4v) is 2.90. The molecule has 3 rings (SSSR count). The zero-order chi connectivity index (χ0) is 21.5. The highest BCUT2D eigenvalue weighted by Crippen LogP contribution is 2.29. The predicted molar refractivity (Wildman–Crippen MR) is 109 cm³/mol. The number of rotatable bonds is 9. The minimum absolute atomic E-state index is 0.0250. The first kappa shape index (κ1) is 20.9. The molecule has 2 heterocycles. The van der Waals surface area contributed by atoms with Gasteiger partial charge in [0.05, 0.1) is 21.3 Å². The van der Waals surface area contributed by atoms with Crippen molar-refractivity contribution in [1.82, 2.24) is 15.0 Å². The van der Waals surface area contributed by atoms with E-state index in [-0.39, 0.29) is 30.1 Å². The summed E-state index contributed by atoms with van der Waals surface area (Å²) >= 11 is 0. The lowest BCUT2D eigenvalue weighted by molar-refractivity contribution is 0.0915. The lowest BCUT2D eigenvalue weighted by Gasteiger charge is -2.10. The average Bonchev–Trinajstić information content (AvgIpc) is 2.81. The molecule has 0 N–H and O–H groups in total. The Hall–Kier alpha value is -3.81. The number of aromatic nitrogens is 3. The first-order chi connectivity index (χ1) is 14.6. The predicted octanol–water partition coefficient (Wildman–Crippen LogP) is 3.41. The zero-order valence-corrected chi connectivity index (χ0v) is 16.9. The summed E-state index contributed by atoms with van der Waals surface area (Å²) < 4.78 is 15.7. The van der Waals surface area contributed by atoms with Gasteiger partial charge in [0, 0.05) is 36.4 Å². The third kappa shape index (κ3) is 4.60. The van der Waals surface area contributed by atoms with E-state index in [9.17, 15) is 9.59 Å². The van der Waals surface area contributed by atoms with Gasteiger partial charge in [-0.15, -0.1) is 0 Å². The molecule has 154 valence electrons. The summed E-state index contributed by atoms with van der Waals surface area (Å²) in [6.07, 6.45) is 4.66. The van der Waals surface area contributed by atoms with Crippen LogP contribution in [0.5, 0.6) is 17.2 Å². The van der Waals surface area contributed by atoms with Crippen molar-refractivity contribution >= 4 is 11.6 Å². The summed E-state index contributed by atoms with van der Waals surface area (Å²) in [5.74, 6) is 1.08. The van der Waals surface area contributed by atoms with Gasteiger partial charge in [0.15, 0.2) is 23.1 Å². The van der Waals surface area contributed by atoms with Gasteiger partial charge in [-0.05, 0) is 30.3 Å². The third-order valence-corrected chi connectivity index (χ3v) is 4.48. The normalized spacial score (nSPS) is 10.4. The number of methoxy groups -OCH3 is 3. The van der Waals surface area contributed by atoms with Crippen molar-refractivity contribution in [3.8, 4) is 28.5 Å². The molecule has 2 aromatic heterocycles. The Labute approximate surface area is 173 Å². The highest BCUT2D eigenvalue weighted by Gasteiger charge is 2.17. The Kier molecular flexibility index (Phi) is 6.69. The van der Waals surface area contributed by atoms with Crippen molar-refractivity contribution in [2.24, 2.45) is 0 Å². The summed E-state index contributed by atoms with van der Waals surface area (Å²) in [6.45, 7) is 0. The number of nitrogens with zero attached hydrogens (tertiary/aromatic N) is 3. The molecule has 30 heavy (non-hydrogen) atoms. The minimum Gasteiger partial charge on any atom is -0.494 e. The van der Waals surface area contributed by atoms with Crippen LogP contribution in [0.15, 0.2) is 49.1 Å². The maximum absolute atomic E-state index is 12.7. The van der Waals surface area contributed by atoms with E-state index in [1.54, 1.807) is 42.7 Å². The number of ketones is 2. The number of hydrogen-bond donors (Lipinski definition) is 0. The van der Waals surface area contributed by atoms with E-state index in [1.807, 2.05) is 0 Å². The van der Waals surface area contributed by atoms with Crippen LogP contribution in [0.1, 0.15) is 33.7 Å². The molecule has 0 saturated carbocycles. The fourth-order valence-electron chi connectivity index (χ4n) is 2.90. The number of benzene rings is 1. The van der Waals surface area contributed by atoms with E-state index < -0.39 is 0 Å². The van der Waals surface area contributed by atoms with Crippen LogP contribution in [0.2, 0.25) is 0 Å².